The molecule has 1 aromatic rings. The zero-order chi connectivity index (χ0) is 10.1. The predicted molar refractivity (Wildman–Crippen MR) is 58.8 cm³/mol. The van der Waals surface area contributed by atoms with E-state index in [1.807, 2.05) is 12.1 Å². The first-order valence-corrected chi connectivity index (χ1v) is 5.03. The normalized spacial score (nSPS) is 19.4. The van der Waals surface area contributed by atoms with E-state index in [0.717, 1.165) is 30.1 Å². The van der Waals surface area contributed by atoms with Crippen molar-refractivity contribution < 1.29 is 4.74 Å². The molecule has 0 aromatic heterocycles. The van der Waals surface area contributed by atoms with Crippen molar-refractivity contribution in [2.45, 2.75) is 26.4 Å². The lowest BCUT2D eigenvalue weighted by Gasteiger charge is -2.27. The van der Waals surface area contributed by atoms with Gasteiger partial charge in [0.2, 0.25) is 0 Å². The fourth-order valence-corrected chi connectivity index (χ4v) is 1.74. The van der Waals surface area contributed by atoms with E-state index in [2.05, 4.69) is 19.2 Å². The Bertz CT molecular complexity index is 332. The molecule has 0 amide bonds. The molecule has 0 fully saturated rings. The number of nitrogen functional groups attached to an aromatic ring is 1. The van der Waals surface area contributed by atoms with Crippen LogP contribution in [-0.2, 0) is 6.42 Å². The van der Waals surface area contributed by atoms with E-state index < -0.39 is 0 Å². The van der Waals surface area contributed by atoms with Crippen molar-refractivity contribution in [3.63, 3.8) is 0 Å². The second-order valence-electron chi connectivity index (χ2n) is 3.72. The number of nitrogens with one attached hydrogen (secondary N) is 1. The number of anilines is 2. The van der Waals surface area contributed by atoms with Crippen molar-refractivity contribution in [1.29, 1.82) is 0 Å². The maximum atomic E-state index is 5.80. The number of benzene rings is 1. The molecule has 2 rings (SSSR count). The Morgan fingerprint density at radius 3 is 3.07 bits per heavy atom. The largest absolute Gasteiger partial charge is 0.486 e. The zero-order valence-electron chi connectivity index (χ0n) is 8.63. The lowest BCUT2D eigenvalue weighted by Crippen LogP contribution is -2.28. The first-order valence-electron chi connectivity index (χ1n) is 5.03. The van der Waals surface area contributed by atoms with Gasteiger partial charge in [-0.15, -0.1) is 0 Å². The van der Waals surface area contributed by atoms with Gasteiger partial charge >= 0.3 is 0 Å². The second kappa shape index (κ2) is 3.40. The SMILES string of the molecule is CCc1cc(N)cc2c1OC(C)CN2. The third-order valence-corrected chi connectivity index (χ3v) is 2.47. The van der Waals surface area contributed by atoms with E-state index in [4.69, 9.17) is 10.5 Å². The predicted octanol–water partition coefficient (Wildman–Crippen LogP) is 2.02. The average Bonchev–Trinajstić information content (AvgIpc) is 2.17. The van der Waals surface area contributed by atoms with Gasteiger partial charge in [-0.25, -0.2) is 0 Å². The Morgan fingerprint density at radius 2 is 2.36 bits per heavy atom. The van der Waals surface area contributed by atoms with Crippen LogP contribution in [0.25, 0.3) is 0 Å². The van der Waals surface area contributed by atoms with Crippen LogP contribution in [0, 0.1) is 0 Å². The molecule has 0 aliphatic carbocycles. The number of hydrogen-bond donors (Lipinski definition) is 2. The fourth-order valence-electron chi connectivity index (χ4n) is 1.74. The summed E-state index contributed by atoms with van der Waals surface area (Å²) in [5.74, 6) is 0.973. The Hall–Kier alpha value is -1.38. The van der Waals surface area contributed by atoms with Crippen molar-refractivity contribution in [1.82, 2.24) is 0 Å². The highest BCUT2D eigenvalue weighted by molar-refractivity contribution is 5.68. The quantitative estimate of drug-likeness (QED) is 0.669. The lowest BCUT2D eigenvalue weighted by molar-refractivity contribution is 0.224. The van der Waals surface area contributed by atoms with Crippen LogP contribution in [0.3, 0.4) is 0 Å². The molecule has 0 saturated carbocycles. The third kappa shape index (κ3) is 1.50. The number of rotatable bonds is 1. The molecule has 1 aliphatic heterocycles. The Kier molecular flexibility index (Phi) is 2.23. The molecule has 76 valence electrons. The first kappa shape index (κ1) is 9.19. The summed E-state index contributed by atoms with van der Waals surface area (Å²) >= 11 is 0. The van der Waals surface area contributed by atoms with Gasteiger partial charge in [0.05, 0.1) is 12.2 Å². The maximum absolute atomic E-state index is 5.80. The molecule has 3 nitrogen and oxygen atoms in total. The zero-order valence-corrected chi connectivity index (χ0v) is 8.63. The van der Waals surface area contributed by atoms with E-state index in [1.165, 1.54) is 5.56 Å². The number of hydrogen-bond acceptors (Lipinski definition) is 3. The van der Waals surface area contributed by atoms with E-state index in [1.54, 1.807) is 0 Å². The molecule has 1 aromatic carbocycles. The molecule has 14 heavy (non-hydrogen) atoms. The maximum Gasteiger partial charge on any atom is 0.146 e. The van der Waals surface area contributed by atoms with Gasteiger partial charge in [0.1, 0.15) is 11.9 Å². The van der Waals surface area contributed by atoms with Gasteiger partial charge in [-0.05, 0) is 31.0 Å². The topological polar surface area (TPSA) is 47.3 Å². The van der Waals surface area contributed by atoms with Crippen LogP contribution in [0.4, 0.5) is 11.4 Å². The van der Waals surface area contributed by atoms with Gasteiger partial charge < -0.3 is 15.8 Å². The van der Waals surface area contributed by atoms with Crippen LogP contribution in [0.1, 0.15) is 19.4 Å². The van der Waals surface area contributed by atoms with E-state index >= 15 is 0 Å². The fraction of sp³-hybridized carbons (Fsp3) is 0.455. The van der Waals surface area contributed by atoms with E-state index in [0.29, 0.717) is 0 Å². The molecule has 0 radical (unpaired) electrons. The van der Waals surface area contributed by atoms with Crippen molar-refractivity contribution in [3.05, 3.63) is 17.7 Å². The van der Waals surface area contributed by atoms with Crippen molar-refractivity contribution in [2.75, 3.05) is 17.6 Å². The van der Waals surface area contributed by atoms with Crippen molar-refractivity contribution in [3.8, 4) is 5.75 Å². The van der Waals surface area contributed by atoms with E-state index in [-0.39, 0.29) is 6.10 Å². The van der Waals surface area contributed by atoms with Gasteiger partial charge in [-0.1, -0.05) is 6.92 Å². The smallest absolute Gasteiger partial charge is 0.146 e. The minimum absolute atomic E-state index is 0.233. The minimum Gasteiger partial charge on any atom is -0.486 e. The number of aryl methyl sites for hydroxylation is 1. The van der Waals surface area contributed by atoms with Gasteiger partial charge in [0.15, 0.2) is 0 Å². The minimum atomic E-state index is 0.233. The summed E-state index contributed by atoms with van der Waals surface area (Å²) in [5.41, 5.74) is 8.80. The number of nitrogens with two attached hydrogens (primary N) is 1. The summed E-state index contributed by atoms with van der Waals surface area (Å²) in [6.45, 7) is 5.02. The van der Waals surface area contributed by atoms with Gasteiger partial charge in [0.25, 0.3) is 0 Å². The summed E-state index contributed by atoms with van der Waals surface area (Å²) in [5, 5.41) is 3.32. The van der Waals surface area contributed by atoms with Crippen molar-refractivity contribution in [2.24, 2.45) is 0 Å². The Labute approximate surface area is 84.3 Å². The Morgan fingerprint density at radius 1 is 1.57 bits per heavy atom. The molecule has 3 N–H and O–H groups in total. The molecule has 1 aliphatic rings. The molecular formula is C11H16N2O. The van der Waals surface area contributed by atoms with Crippen LogP contribution in [0.15, 0.2) is 12.1 Å². The highest BCUT2D eigenvalue weighted by atomic mass is 16.5. The van der Waals surface area contributed by atoms with Gasteiger partial charge in [-0.2, -0.15) is 0 Å². The monoisotopic (exact) mass is 192 g/mol. The lowest BCUT2D eigenvalue weighted by atomic mass is 10.1. The van der Waals surface area contributed by atoms with Crippen LogP contribution in [-0.4, -0.2) is 12.6 Å². The first-order chi connectivity index (χ1) is 6.70. The summed E-state index contributed by atoms with van der Waals surface area (Å²) < 4.78 is 5.79. The average molecular weight is 192 g/mol. The summed E-state index contributed by atoms with van der Waals surface area (Å²) in [7, 11) is 0. The molecule has 0 spiro atoms. The van der Waals surface area contributed by atoms with Crippen LogP contribution in [0.5, 0.6) is 5.75 Å². The molecule has 0 saturated heterocycles. The van der Waals surface area contributed by atoms with Crippen LogP contribution in [0.2, 0.25) is 0 Å². The highest BCUT2D eigenvalue weighted by Crippen LogP contribution is 2.35. The standard InChI is InChI=1S/C11H16N2O/c1-3-8-4-9(12)5-10-11(8)14-7(2)6-13-10/h4-5,7,13H,3,6,12H2,1-2H3. The van der Waals surface area contributed by atoms with Crippen LogP contribution >= 0.6 is 0 Å². The summed E-state index contributed by atoms with van der Waals surface area (Å²) in [4.78, 5) is 0. The molecule has 1 heterocycles. The van der Waals surface area contributed by atoms with Crippen molar-refractivity contribution >= 4 is 11.4 Å². The third-order valence-electron chi connectivity index (χ3n) is 2.47. The number of fused-ring (bicyclic) bond motifs is 1. The van der Waals surface area contributed by atoms with E-state index in [9.17, 15) is 0 Å². The molecule has 0 bridgehead atoms. The highest BCUT2D eigenvalue weighted by Gasteiger charge is 2.18. The molecule has 1 unspecified atom stereocenters. The second-order valence-corrected chi connectivity index (χ2v) is 3.72. The molecule has 3 heteroatoms. The Balaban J connectivity index is 2.47. The van der Waals surface area contributed by atoms with Gasteiger partial charge in [-0.3, -0.25) is 0 Å². The molecule has 1 atom stereocenters. The van der Waals surface area contributed by atoms with Gasteiger partial charge in [0, 0.05) is 5.69 Å². The number of ether oxygens (including phenoxy) is 1. The van der Waals surface area contributed by atoms with Crippen LogP contribution < -0.4 is 15.8 Å². The summed E-state index contributed by atoms with van der Waals surface area (Å²) in [6, 6.07) is 3.92. The summed E-state index contributed by atoms with van der Waals surface area (Å²) in [6.07, 6.45) is 1.18. The molecular weight excluding hydrogens is 176 g/mol.